The number of para-hydroxylation sites is 3. The second-order valence-electron chi connectivity index (χ2n) is 8.15. The van der Waals surface area contributed by atoms with Gasteiger partial charge in [0.25, 0.3) is 5.91 Å². The van der Waals surface area contributed by atoms with Crippen LogP contribution in [0, 0.1) is 0 Å². The van der Waals surface area contributed by atoms with Crippen LogP contribution in [0.2, 0.25) is 0 Å². The van der Waals surface area contributed by atoms with Crippen molar-refractivity contribution in [3.63, 3.8) is 0 Å². The van der Waals surface area contributed by atoms with Crippen molar-refractivity contribution in [2.24, 2.45) is 0 Å². The molecule has 1 amide bonds. The number of amides is 1. The summed E-state index contributed by atoms with van der Waals surface area (Å²) in [7, 11) is 0. The van der Waals surface area contributed by atoms with Crippen LogP contribution in [0.25, 0.3) is 10.9 Å². The molecule has 8 nitrogen and oxygen atoms in total. The number of nitrogens with one attached hydrogen (secondary N) is 1. The number of fused-ring (bicyclic) bond motifs is 2. The van der Waals surface area contributed by atoms with Crippen LogP contribution in [0.15, 0.2) is 72.8 Å². The zero-order valence-corrected chi connectivity index (χ0v) is 19.3. The van der Waals surface area contributed by atoms with Crippen LogP contribution in [0.3, 0.4) is 0 Å². The topological polar surface area (TPSA) is 91.7 Å². The van der Waals surface area contributed by atoms with Crippen molar-refractivity contribution in [1.29, 1.82) is 0 Å². The van der Waals surface area contributed by atoms with Gasteiger partial charge in [0.2, 0.25) is 6.10 Å². The molecule has 1 aromatic heterocycles. The lowest BCUT2D eigenvalue weighted by molar-refractivity contribution is -0.142. The van der Waals surface area contributed by atoms with E-state index in [2.05, 4.69) is 10.4 Å². The first-order valence-electron chi connectivity index (χ1n) is 11.5. The molecule has 0 radical (unpaired) electrons. The molecule has 0 saturated carbocycles. The second kappa shape index (κ2) is 9.89. The van der Waals surface area contributed by atoms with Gasteiger partial charge in [-0.25, -0.2) is 0 Å². The van der Waals surface area contributed by atoms with Crippen molar-refractivity contribution >= 4 is 28.5 Å². The fourth-order valence-electron chi connectivity index (χ4n) is 4.03. The maximum atomic E-state index is 12.7. The minimum atomic E-state index is -0.724. The van der Waals surface area contributed by atoms with E-state index in [0.717, 1.165) is 16.5 Å². The Morgan fingerprint density at radius 1 is 1.03 bits per heavy atom. The van der Waals surface area contributed by atoms with E-state index in [9.17, 15) is 9.59 Å². The predicted octanol–water partition coefficient (Wildman–Crippen LogP) is 3.97. The van der Waals surface area contributed by atoms with E-state index in [1.54, 1.807) is 13.0 Å². The third-order valence-electron chi connectivity index (χ3n) is 5.71. The molecule has 4 aromatic rings. The van der Waals surface area contributed by atoms with Crippen LogP contribution in [0.1, 0.15) is 18.2 Å². The minimum Gasteiger partial charge on any atom is -0.485 e. The van der Waals surface area contributed by atoms with Crippen molar-refractivity contribution in [3.05, 3.63) is 84.1 Å². The van der Waals surface area contributed by atoms with Gasteiger partial charge in [0.05, 0.1) is 30.8 Å². The number of aromatic nitrogens is 2. The van der Waals surface area contributed by atoms with Crippen molar-refractivity contribution in [1.82, 2.24) is 9.78 Å². The van der Waals surface area contributed by atoms with Crippen LogP contribution in [0.4, 0.5) is 5.69 Å². The molecule has 0 bridgehead atoms. The van der Waals surface area contributed by atoms with E-state index < -0.39 is 6.10 Å². The number of hydrogen-bond donors (Lipinski definition) is 1. The summed E-state index contributed by atoms with van der Waals surface area (Å²) >= 11 is 0. The van der Waals surface area contributed by atoms with E-state index in [1.807, 2.05) is 71.4 Å². The average Bonchev–Trinajstić information content (AvgIpc) is 3.22. The van der Waals surface area contributed by atoms with Gasteiger partial charge in [0.15, 0.2) is 11.5 Å². The first-order chi connectivity index (χ1) is 17.1. The van der Waals surface area contributed by atoms with Gasteiger partial charge in [-0.2, -0.15) is 5.10 Å². The van der Waals surface area contributed by atoms with Gasteiger partial charge in [-0.15, -0.1) is 0 Å². The van der Waals surface area contributed by atoms with E-state index in [4.69, 9.17) is 14.2 Å². The Labute approximate surface area is 202 Å². The Balaban J connectivity index is 1.26. The van der Waals surface area contributed by atoms with Crippen LogP contribution >= 0.6 is 0 Å². The largest absolute Gasteiger partial charge is 0.485 e. The highest BCUT2D eigenvalue weighted by Gasteiger charge is 2.27. The minimum absolute atomic E-state index is 0.129. The van der Waals surface area contributed by atoms with E-state index in [1.165, 1.54) is 0 Å². The van der Waals surface area contributed by atoms with Gasteiger partial charge >= 0.3 is 5.97 Å². The Morgan fingerprint density at radius 3 is 2.57 bits per heavy atom. The fourth-order valence-corrected chi connectivity index (χ4v) is 4.03. The summed E-state index contributed by atoms with van der Waals surface area (Å²) in [6.07, 6.45) is -0.596. The summed E-state index contributed by atoms with van der Waals surface area (Å²) in [6, 6.07) is 22.7. The quantitative estimate of drug-likeness (QED) is 0.410. The summed E-state index contributed by atoms with van der Waals surface area (Å²) in [5.74, 6) is 0.633. The summed E-state index contributed by atoms with van der Waals surface area (Å²) in [5.41, 5.74) is 3.30. The van der Waals surface area contributed by atoms with Crippen LogP contribution in [-0.4, -0.2) is 41.0 Å². The molecule has 1 N–H and O–H groups in total. The molecule has 1 atom stereocenters. The number of carbonyl (C=O) groups is 2. The first-order valence-corrected chi connectivity index (χ1v) is 11.5. The van der Waals surface area contributed by atoms with Crippen molar-refractivity contribution in [2.45, 2.75) is 26.0 Å². The average molecular weight is 472 g/mol. The Bertz CT molecular complexity index is 1360. The molecule has 5 rings (SSSR count). The molecule has 3 aromatic carbocycles. The Kier molecular flexibility index (Phi) is 6.34. The standard InChI is InChI=1S/C27H25N3O5/c1-2-33-26(31)15-21-20-7-3-4-8-22(20)30(29-21)16-18-11-13-19(14-12-18)28-27(32)25-17-34-23-9-5-6-10-24(23)35-25/h3-14,25H,2,15-17H2,1H3,(H,28,32). The maximum absolute atomic E-state index is 12.7. The molecule has 1 unspecified atom stereocenters. The number of hydrogen-bond acceptors (Lipinski definition) is 6. The molecule has 0 spiro atoms. The summed E-state index contributed by atoms with van der Waals surface area (Å²) in [4.78, 5) is 24.7. The smallest absolute Gasteiger partial charge is 0.311 e. The molecule has 1 aliphatic heterocycles. The zero-order chi connectivity index (χ0) is 24.2. The summed E-state index contributed by atoms with van der Waals surface area (Å²) in [6.45, 7) is 2.80. The monoisotopic (exact) mass is 471 g/mol. The molecular formula is C27H25N3O5. The van der Waals surface area contributed by atoms with E-state index in [0.29, 0.717) is 36.0 Å². The highest BCUT2D eigenvalue weighted by atomic mass is 16.6. The number of rotatable bonds is 7. The Morgan fingerprint density at radius 2 is 1.77 bits per heavy atom. The molecular weight excluding hydrogens is 446 g/mol. The lowest BCUT2D eigenvalue weighted by Crippen LogP contribution is -2.40. The normalized spacial score (nSPS) is 14.5. The van der Waals surface area contributed by atoms with E-state index >= 15 is 0 Å². The Hall–Kier alpha value is -4.33. The number of benzene rings is 3. The van der Waals surface area contributed by atoms with Gasteiger partial charge in [-0.1, -0.05) is 42.5 Å². The maximum Gasteiger partial charge on any atom is 0.311 e. The molecule has 0 aliphatic carbocycles. The molecule has 0 saturated heterocycles. The van der Waals surface area contributed by atoms with Crippen LogP contribution < -0.4 is 14.8 Å². The summed E-state index contributed by atoms with van der Waals surface area (Å²) < 4.78 is 18.4. The number of anilines is 1. The van der Waals surface area contributed by atoms with E-state index in [-0.39, 0.29) is 24.9 Å². The molecule has 8 heteroatoms. The SMILES string of the molecule is CCOC(=O)Cc1nn(Cc2ccc(NC(=O)C3COc4ccccc4O3)cc2)c2ccccc12. The first kappa shape index (κ1) is 22.5. The lowest BCUT2D eigenvalue weighted by Gasteiger charge is -2.25. The van der Waals surface area contributed by atoms with Crippen LogP contribution in [-0.2, 0) is 27.3 Å². The van der Waals surface area contributed by atoms with Crippen molar-refractivity contribution < 1.29 is 23.8 Å². The fraction of sp³-hybridized carbons (Fsp3) is 0.222. The van der Waals surface area contributed by atoms with Crippen molar-refractivity contribution in [2.75, 3.05) is 18.5 Å². The molecule has 178 valence electrons. The number of nitrogens with zero attached hydrogens (tertiary/aromatic N) is 2. The number of esters is 1. The highest BCUT2D eigenvalue weighted by Crippen LogP contribution is 2.31. The van der Waals surface area contributed by atoms with Crippen molar-refractivity contribution in [3.8, 4) is 11.5 Å². The number of carbonyl (C=O) groups excluding carboxylic acids is 2. The second-order valence-corrected chi connectivity index (χ2v) is 8.15. The lowest BCUT2D eigenvalue weighted by atomic mass is 10.1. The van der Waals surface area contributed by atoms with Gasteiger partial charge in [0.1, 0.15) is 6.61 Å². The number of ether oxygens (including phenoxy) is 3. The van der Waals surface area contributed by atoms with Gasteiger partial charge in [0, 0.05) is 11.1 Å². The predicted molar refractivity (Wildman–Crippen MR) is 131 cm³/mol. The van der Waals surface area contributed by atoms with Gasteiger partial charge in [-0.05, 0) is 42.8 Å². The zero-order valence-electron chi connectivity index (χ0n) is 19.3. The third kappa shape index (κ3) is 4.96. The van der Waals surface area contributed by atoms with Crippen LogP contribution in [0.5, 0.6) is 11.5 Å². The molecule has 0 fully saturated rings. The van der Waals surface area contributed by atoms with Gasteiger partial charge in [-0.3, -0.25) is 14.3 Å². The van der Waals surface area contributed by atoms with Gasteiger partial charge < -0.3 is 19.5 Å². The molecule has 1 aliphatic rings. The molecule has 2 heterocycles. The molecule has 35 heavy (non-hydrogen) atoms. The summed E-state index contributed by atoms with van der Waals surface area (Å²) in [5, 5.41) is 8.49. The highest BCUT2D eigenvalue weighted by molar-refractivity contribution is 5.94. The third-order valence-corrected chi connectivity index (χ3v) is 5.71.